The molecular weight excluding hydrogens is 305 g/mol. The topological polar surface area (TPSA) is 20.2 Å². The van der Waals surface area contributed by atoms with Gasteiger partial charge in [-0.3, -0.25) is 0 Å². The summed E-state index contributed by atoms with van der Waals surface area (Å²) in [4.78, 5) is 0. The molecule has 0 aliphatic rings. The fraction of sp³-hybridized carbons (Fsp3) is 1.00. The molecule has 0 spiro atoms. The molecule has 1 nitrogen and oxygen atoms in total. The van der Waals surface area contributed by atoms with Gasteiger partial charge in [-0.15, -0.1) is 0 Å². The van der Waals surface area contributed by atoms with Gasteiger partial charge in [-0.05, 0) is 6.92 Å². The molecule has 1 N–H and O–H groups in total. The predicted octanol–water partition coefficient (Wildman–Crippen LogP) is -0.498. The molecular formula is C4H13BiOS. The number of rotatable bonds is 1. The van der Waals surface area contributed by atoms with Gasteiger partial charge >= 0.3 is 26.2 Å². The van der Waals surface area contributed by atoms with Crippen molar-refractivity contribution in [2.45, 2.75) is 25.2 Å². The average Bonchev–Trinajstić information content (AvgIpc) is 1.36. The van der Waals surface area contributed by atoms with Crippen LogP contribution in [-0.2, 0) is 0 Å². The van der Waals surface area contributed by atoms with Crippen molar-refractivity contribution >= 4 is 38.8 Å². The van der Waals surface area contributed by atoms with Crippen molar-refractivity contribution in [2.75, 3.05) is 0 Å². The third-order valence-electron chi connectivity index (χ3n) is 0.698. The first-order chi connectivity index (χ1) is 2.64. The monoisotopic (exact) mass is 318 g/mol. The standard InChI is InChI=1S/C4H10OS.Bi.3H/c1-3(5)4(2)6;;;;/h3-6H,1-2H3;;;;. The number of aliphatic hydroxyl groups excluding tert-OH is 1. The van der Waals surface area contributed by atoms with E-state index in [-0.39, 0.29) is 37.6 Å². The summed E-state index contributed by atoms with van der Waals surface area (Å²) in [7, 11) is 0. The van der Waals surface area contributed by atoms with Gasteiger partial charge in [0, 0.05) is 5.25 Å². The molecule has 0 bridgehead atoms. The van der Waals surface area contributed by atoms with Crippen LogP contribution >= 0.6 is 12.6 Å². The maximum absolute atomic E-state index is 8.55. The van der Waals surface area contributed by atoms with Crippen LogP contribution in [0.2, 0.25) is 0 Å². The molecule has 3 heteroatoms. The van der Waals surface area contributed by atoms with E-state index in [0.717, 1.165) is 0 Å². The van der Waals surface area contributed by atoms with E-state index in [2.05, 4.69) is 12.6 Å². The molecule has 0 aliphatic carbocycles. The molecule has 0 heterocycles. The molecule has 0 radical (unpaired) electrons. The van der Waals surface area contributed by atoms with Crippen molar-refractivity contribution in [3.8, 4) is 0 Å². The van der Waals surface area contributed by atoms with Gasteiger partial charge in [0.1, 0.15) is 0 Å². The van der Waals surface area contributed by atoms with E-state index in [0.29, 0.717) is 0 Å². The molecule has 0 aromatic heterocycles. The summed E-state index contributed by atoms with van der Waals surface area (Å²) in [5.41, 5.74) is 0. The van der Waals surface area contributed by atoms with Crippen molar-refractivity contribution in [3.05, 3.63) is 0 Å². The number of aliphatic hydroxyl groups is 1. The molecule has 0 aliphatic heterocycles. The minimum atomic E-state index is -0.284. The molecule has 0 rings (SSSR count). The molecule has 0 fully saturated rings. The van der Waals surface area contributed by atoms with Crippen LogP contribution < -0.4 is 0 Å². The Morgan fingerprint density at radius 1 is 1.43 bits per heavy atom. The number of hydrogen-bond donors (Lipinski definition) is 2. The van der Waals surface area contributed by atoms with E-state index in [1.54, 1.807) is 6.92 Å². The van der Waals surface area contributed by atoms with E-state index in [1.807, 2.05) is 6.92 Å². The molecule has 0 saturated carbocycles. The Bertz CT molecular complexity index is 32.7. The van der Waals surface area contributed by atoms with E-state index in [9.17, 15) is 0 Å². The van der Waals surface area contributed by atoms with Crippen molar-refractivity contribution < 1.29 is 5.11 Å². The zero-order valence-electron chi connectivity index (χ0n) is 4.76. The quantitative estimate of drug-likeness (QED) is 0.494. The minimum absolute atomic E-state index is 0. The maximum atomic E-state index is 8.55. The molecule has 0 saturated heterocycles. The fourth-order valence-corrected chi connectivity index (χ4v) is 0. The summed E-state index contributed by atoms with van der Waals surface area (Å²) in [6.07, 6.45) is -0.284. The third-order valence-corrected chi connectivity index (χ3v) is 1.13. The van der Waals surface area contributed by atoms with Crippen molar-refractivity contribution in [2.24, 2.45) is 0 Å². The van der Waals surface area contributed by atoms with Gasteiger partial charge in [0.2, 0.25) is 0 Å². The predicted molar refractivity (Wildman–Crippen MR) is 40.1 cm³/mol. The molecule has 0 aromatic rings. The SMILES string of the molecule is CC(O)C(C)S.[BiH3]. The van der Waals surface area contributed by atoms with E-state index in [4.69, 9.17) is 5.11 Å². The summed E-state index contributed by atoms with van der Waals surface area (Å²) in [6.45, 7) is 3.57. The molecule has 2 atom stereocenters. The molecule has 46 valence electrons. The third kappa shape index (κ3) is 7.19. The Morgan fingerprint density at radius 2 is 1.57 bits per heavy atom. The Kier molecular flexibility index (Phi) is 8.42. The fourth-order valence-electron chi connectivity index (χ4n) is 0. The average molecular weight is 318 g/mol. The summed E-state index contributed by atoms with van der Waals surface area (Å²) in [5.74, 6) is 0. The van der Waals surface area contributed by atoms with Gasteiger partial charge in [-0.25, -0.2) is 0 Å². The molecule has 0 aromatic carbocycles. The van der Waals surface area contributed by atoms with Crippen LogP contribution in [0.3, 0.4) is 0 Å². The van der Waals surface area contributed by atoms with E-state index >= 15 is 0 Å². The Morgan fingerprint density at radius 3 is 1.57 bits per heavy atom. The van der Waals surface area contributed by atoms with Crippen molar-refractivity contribution in [1.29, 1.82) is 0 Å². The Labute approximate surface area is 69.0 Å². The Balaban J connectivity index is 0. The van der Waals surface area contributed by atoms with Gasteiger partial charge in [-0.2, -0.15) is 12.6 Å². The van der Waals surface area contributed by atoms with Crippen molar-refractivity contribution in [3.63, 3.8) is 0 Å². The van der Waals surface area contributed by atoms with Gasteiger partial charge in [-0.1, -0.05) is 6.92 Å². The number of hydrogen-bond acceptors (Lipinski definition) is 2. The van der Waals surface area contributed by atoms with Crippen LogP contribution in [0.1, 0.15) is 13.8 Å². The summed E-state index contributed by atoms with van der Waals surface area (Å²) < 4.78 is 0. The van der Waals surface area contributed by atoms with Crippen molar-refractivity contribution in [1.82, 2.24) is 0 Å². The van der Waals surface area contributed by atoms with Crippen LogP contribution in [0.5, 0.6) is 0 Å². The molecule has 7 heavy (non-hydrogen) atoms. The van der Waals surface area contributed by atoms with Gasteiger partial charge in [0.05, 0.1) is 6.10 Å². The Hall–Kier alpha value is 1.19. The summed E-state index contributed by atoms with van der Waals surface area (Å²) in [5, 5.41) is 8.66. The first-order valence-corrected chi connectivity index (χ1v) is 2.52. The number of thiol groups is 1. The van der Waals surface area contributed by atoms with Crippen LogP contribution in [0.25, 0.3) is 0 Å². The van der Waals surface area contributed by atoms with Crippen LogP contribution in [0, 0.1) is 0 Å². The van der Waals surface area contributed by atoms with Crippen LogP contribution in [0.15, 0.2) is 0 Å². The van der Waals surface area contributed by atoms with E-state index in [1.165, 1.54) is 0 Å². The van der Waals surface area contributed by atoms with Gasteiger partial charge in [0.25, 0.3) is 0 Å². The normalized spacial score (nSPS) is 17.1. The summed E-state index contributed by atoms with van der Waals surface area (Å²) >= 11 is 3.94. The molecule has 0 amide bonds. The van der Waals surface area contributed by atoms with Gasteiger partial charge < -0.3 is 5.11 Å². The second-order valence-electron chi connectivity index (χ2n) is 1.48. The van der Waals surface area contributed by atoms with Crippen LogP contribution in [-0.4, -0.2) is 42.7 Å². The van der Waals surface area contributed by atoms with Crippen LogP contribution in [0.4, 0.5) is 0 Å². The first kappa shape index (κ1) is 11.1. The molecule has 2 unspecified atom stereocenters. The second-order valence-corrected chi connectivity index (χ2v) is 2.30. The zero-order chi connectivity index (χ0) is 5.15. The van der Waals surface area contributed by atoms with E-state index < -0.39 is 0 Å². The second kappa shape index (κ2) is 5.33. The zero-order valence-corrected chi connectivity index (χ0v) is 11.1. The first-order valence-electron chi connectivity index (χ1n) is 2.00. The summed E-state index contributed by atoms with van der Waals surface area (Å²) in [6, 6.07) is 0. The van der Waals surface area contributed by atoms with Gasteiger partial charge in [0.15, 0.2) is 0 Å².